The number of carbonyl (C=O) groups excluding carboxylic acids is 2. The van der Waals surface area contributed by atoms with Crippen molar-refractivity contribution >= 4 is 34.7 Å². The zero-order valence-corrected chi connectivity index (χ0v) is 24.9. The van der Waals surface area contributed by atoms with Crippen LogP contribution in [-0.4, -0.2) is 78.7 Å². The maximum absolute atomic E-state index is 13.5. The molecule has 43 heavy (non-hydrogen) atoms. The van der Waals surface area contributed by atoms with Gasteiger partial charge < -0.3 is 44.7 Å². The SMILES string of the molecule is COc1cc(NC(=O)Nc2ccc(N3CCN(c4ccccc4OC)CC3)c(C(=O)NCC3CCCO3)c2)cc(OC)c1. The zero-order valence-electron chi connectivity index (χ0n) is 24.9. The van der Waals surface area contributed by atoms with E-state index < -0.39 is 6.03 Å². The van der Waals surface area contributed by atoms with Crippen molar-refractivity contribution in [2.24, 2.45) is 0 Å². The van der Waals surface area contributed by atoms with Gasteiger partial charge in [-0.3, -0.25) is 4.79 Å². The van der Waals surface area contributed by atoms with Gasteiger partial charge in [-0.25, -0.2) is 4.79 Å². The van der Waals surface area contributed by atoms with E-state index in [2.05, 4.69) is 31.8 Å². The molecule has 11 heteroatoms. The van der Waals surface area contributed by atoms with Crippen molar-refractivity contribution in [3.05, 3.63) is 66.2 Å². The van der Waals surface area contributed by atoms with Crippen molar-refractivity contribution in [3.63, 3.8) is 0 Å². The van der Waals surface area contributed by atoms with Crippen LogP contribution in [0, 0.1) is 0 Å². The third-order valence-electron chi connectivity index (χ3n) is 7.67. The number of carbonyl (C=O) groups is 2. The summed E-state index contributed by atoms with van der Waals surface area (Å²) in [5.74, 6) is 1.73. The van der Waals surface area contributed by atoms with Gasteiger partial charge in [0.2, 0.25) is 0 Å². The molecule has 0 spiro atoms. The van der Waals surface area contributed by atoms with E-state index >= 15 is 0 Å². The lowest BCUT2D eigenvalue weighted by molar-refractivity contribution is 0.0858. The first-order valence-corrected chi connectivity index (χ1v) is 14.4. The zero-order chi connectivity index (χ0) is 30.2. The van der Waals surface area contributed by atoms with Crippen LogP contribution in [0.15, 0.2) is 60.7 Å². The molecule has 0 bridgehead atoms. The molecule has 2 aliphatic rings. The van der Waals surface area contributed by atoms with Crippen LogP contribution in [0.3, 0.4) is 0 Å². The van der Waals surface area contributed by atoms with Gasteiger partial charge in [0, 0.05) is 74.6 Å². The number of rotatable bonds is 10. The molecule has 2 saturated heterocycles. The molecule has 3 aromatic carbocycles. The molecule has 3 aromatic rings. The fraction of sp³-hybridized carbons (Fsp3) is 0.375. The van der Waals surface area contributed by atoms with E-state index in [1.54, 1.807) is 45.6 Å². The van der Waals surface area contributed by atoms with E-state index in [0.29, 0.717) is 35.0 Å². The number of para-hydroxylation sites is 2. The Hall–Kier alpha value is -4.64. The number of urea groups is 1. The van der Waals surface area contributed by atoms with Gasteiger partial charge in [-0.05, 0) is 43.2 Å². The highest BCUT2D eigenvalue weighted by Gasteiger charge is 2.25. The molecule has 1 atom stereocenters. The summed E-state index contributed by atoms with van der Waals surface area (Å²) in [6.07, 6.45) is 1.94. The van der Waals surface area contributed by atoms with Crippen molar-refractivity contribution in [2.75, 3.05) is 81.1 Å². The largest absolute Gasteiger partial charge is 0.497 e. The van der Waals surface area contributed by atoms with Crippen molar-refractivity contribution in [3.8, 4) is 17.2 Å². The summed E-state index contributed by atoms with van der Waals surface area (Å²) in [6, 6.07) is 18.1. The Morgan fingerprint density at radius 2 is 1.49 bits per heavy atom. The number of ether oxygens (including phenoxy) is 4. The molecule has 2 fully saturated rings. The van der Waals surface area contributed by atoms with Gasteiger partial charge in [-0.15, -0.1) is 0 Å². The Morgan fingerprint density at radius 3 is 2.14 bits per heavy atom. The van der Waals surface area contributed by atoms with Crippen LogP contribution in [0.5, 0.6) is 17.2 Å². The minimum atomic E-state index is -0.459. The van der Waals surface area contributed by atoms with Gasteiger partial charge in [0.15, 0.2) is 0 Å². The molecule has 3 N–H and O–H groups in total. The second-order valence-corrected chi connectivity index (χ2v) is 10.4. The standard InChI is InChI=1S/C32H39N5O6/c1-40-25-17-23(18-26(20-25)41-2)35-32(39)34-22-10-11-28(27(19-22)31(38)33-21-24-7-6-16-43-24)36-12-14-37(15-13-36)29-8-4-5-9-30(29)42-3/h4-5,8-11,17-20,24H,6-7,12-16,21H2,1-3H3,(H,33,38)(H2,34,35,39). The summed E-state index contributed by atoms with van der Waals surface area (Å²) in [5, 5.41) is 8.70. The van der Waals surface area contributed by atoms with Crippen LogP contribution in [0.25, 0.3) is 0 Å². The Labute approximate surface area is 252 Å². The van der Waals surface area contributed by atoms with Crippen LogP contribution >= 0.6 is 0 Å². The lowest BCUT2D eigenvalue weighted by atomic mass is 10.1. The smallest absolute Gasteiger partial charge is 0.323 e. The molecule has 0 aliphatic carbocycles. The van der Waals surface area contributed by atoms with Crippen molar-refractivity contribution in [1.82, 2.24) is 5.32 Å². The summed E-state index contributed by atoms with van der Waals surface area (Å²) in [7, 11) is 4.77. The highest BCUT2D eigenvalue weighted by Crippen LogP contribution is 2.31. The Balaban J connectivity index is 1.32. The van der Waals surface area contributed by atoms with Gasteiger partial charge in [-0.1, -0.05) is 12.1 Å². The van der Waals surface area contributed by atoms with Crippen LogP contribution in [0.2, 0.25) is 0 Å². The Bertz CT molecular complexity index is 1400. The minimum Gasteiger partial charge on any atom is -0.497 e. The summed E-state index contributed by atoms with van der Waals surface area (Å²) < 4.78 is 21.9. The third kappa shape index (κ3) is 7.42. The third-order valence-corrected chi connectivity index (χ3v) is 7.67. The first kappa shape index (κ1) is 29.8. The summed E-state index contributed by atoms with van der Waals surface area (Å²) in [6.45, 7) is 4.13. The fourth-order valence-electron chi connectivity index (χ4n) is 5.43. The number of anilines is 4. The number of methoxy groups -OCH3 is 3. The van der Waals surface area contributed by atoms with Crippen LogP contribution in [0.1, 0.15) is 23.2 Å². The predicted octanol–water partition coefficient (Wildman–Crippen LogP) is 4.59. The molecule has 3 amide bonds. The molecule has 1 unspecified atom stereocenters. The van der Waals surface area contributed by atoms with Gasteiger partial charge in [0.1, 0.15) is 17.2 Å². The average Bonchev–Trinajstić information content (AvgIpc) is 3.57. The lowest BCUT2D eigenvalue weighted by Crippen LogP contribution is -2.47. The molecule has 0 radical (unpaired) electrons. The maximum Gasteiger partial charge on any atom is 0.323 e. The molecule has 2 heterocycles. The number of amides is 3. The first-order chi connectivity index (χ1) is 21.0. The molecule has 228 valence electrons. The molecular formula is C32H39N5O6. The first-order valence-electron chi connectivity index (χ1n) is 14.4. The summed E-state index contributed by atoms with van der Waals surface area (Å²) in [5.41, 5.74) is 3.36. The number of benzene rings is 3. The van der Waals surface area contributed by atoms with Gasteiger partial charge >= 0.3 is 6.03 Å². The van der Waals surface area contributed by atoms with Crippen LogP contribution < -0.4 is 40.0 Å². The number of nitrogens with zero attached hydrogens (tertiary/aromatic N) is 2. The topological polar surface area (TPSA) is 114 Å². The minimum absolute atomic E-state index is 0.0174. The highest BCUT2D eigenvalue weighted by molar-refractivity contribution is 6.04. The molecule has 5 rings (SSSR count). The van der Waals surface area contributed by atoms with Crippen LogP contribution in [0.4, 0.5) is 27.5 Å². The summed E-state index contributed by atoms with van der Waals surface area (Å²) >= 11 is 0. The molecular weight excluding hydrogens is 550 g/mol. The van der Waals surface area contributed by atoms with Gasteiger partial charge in [0.25, 0.3) is 5.91 Å². The second kappa shape index (κ2) is 14.0. The number of hydrogen-bond acceptors (Lipinski definition) is 8. The van der Waals surface area contributed by atoms with E-state index in [9.17, 15) is 9.59 Å². The van der Waals surface area contributed by atoms with E-state index in [1.165, 1.54) is 0 Å². The molecule has 11 nitrogen and oxygen atoms in total. The Morgan fingerprint density at radius 1 is 0.814 bits per heavy atom. The van der Waals surface area contributed by atoms with Crippen molar-refractivity contribution in [2.45, 2.75) is 18.9 Å². The normalized spacial score (nSPS) is 16.4. The molecule has 2 aliphatic heterocycles. The van der Waals surface area contributed by atoms with Gasteiger partial charge in [-0.2, -0.15) is 0 Å². The lowest BCUT2D eigenvalue weighted by Gasteiger charge is -2.38. The number of nitrogens with one attached hydrogen (secondary N) is 3. The van der Waals surface area contributed by atoms with E-state index in [-0.39, 0.29) is 12.0 Å². The van der Waals surface area contributed by atoms with Crippen molar-refractivity contribution in [1.29, 1.82) is 0 Å². The quantitative estimate of drug-likeness (QED) is 0.315. The number of hydrogen-bond donors (Lipinski definition) is 3. The Kier molecular flexibility index (Phi) is 9.73. The highest BCUT2D eigenvalue weighted by atomic mass is 16.5. The van der Waals surface area contributed by atoms with E-state index in [0.717, 1.165) is 62.8 Å². The maximum atomic E-state index is 13.5. The average molecular weight is 590 g/mol. The molecule has 0 saturated carbocycles. The number of piperazine rings is 1. The van der Waals surface area contributed by atoms with E-state index in [4.69, 9.17) is 18.9 Å². The monoisotopic (exact) mass is 589 g/mol. The fourth-order valence-corrected chi connectivity index (χ4v) is 5.43. The summed E-state index contributed by atoms with van der Waals surface area (Å²) in [4.78, 5) is 31.0. The van der Waals surface area contributed by atoms with E-state index in [1.807, 2.05) is 30.3 Å². The van der Waals surface area contributed by atoms with Crippen LogP contribution in [-0.2, 0) is 4.74 Å². The second-order valence-electron chi connectivity index (χ2n) is 10.4. The van der Waals surface area contributed by atoms with Gasteiger partial charge in [0.05, 0.1) is 38.7 Å². The van der Waals surface area contributed by atoms with Crippen molar-refractivity contribution < 1.29 is 28.5 Å². The predicted molar refractivity (Wildman–Crippen MR) is 167 cm³/mol. The molecule has 0 aromatic heterocycles.